The Hall–Kier alpha value is -2.17. The van der Waals surface area contributed by atoms with Crippen molar-refractivity contribution in [3.63, 3.8) is 0 Å². The van der Waals surface area contributed by atoms with E-state index in [0.717, 1.165) is 37.1 Å². The second kappa shape index (κ2) is 8.47. The van der Waals surface area contributed by atoms with E-state index < -0.39 is 5.60 Å². The standard InChI is InChI=1S/C22H27NO3/c1-3-25-22(18-11-6-4-7-12-18,19-13-8-5-9-14-19)21(24)26-20-15-10-16-23(2)17-20/h4-9,11-14,20H,3,10,15-17H2,1-2H3. The zero-order valence-corrected chi connectivity index (χ0v) is 15.6. The number of esters is 1. The summed E-state index contributed by atoms with van der Waals surface area (Å²) in [4.78, 5) is 15.7. The van der Waals surface area contributed by atoms with Crippen LogP contribution in [0, 0.1) is 0 Å². The summed E-state index contributed by atoms with van der Waals surface area (Å²) in [5, 5.41) is 0. The Bertz CT molecular complexity index is 662. The number of carbonyl (C=O) groups is 1. The fourth-order valence-corrected chi connectivity index (χ4v) is 3.64. The number of hydrogen-bond acceptors (Lipinski definition) is 4. The lowest BCUT2D eigenvalue weighted by Crippen LogP contribution is -2.46. The summed E-state index contributed by atoms with van der Waals surface area (Å²) in [6.45, 7) is 4.12. The molecule has 1 atom stereocenters. The molecule has 1 unspecified atom stereocenters. The lowest BCUT2D eigenvalue weighted by atomic mass is 9.85. The van der Waals surface area contributed by atoms with Crippen molar-refractivity contribution in [2.45, 2.75) is 31.5 Å². The smallest absolute Gasteiger partial charge is 0.348 e. The van der Waals surface area contributed by atoms with Crippen LogP contribution in [-0.2, 0) is 19.9 Å². The number of nitrogens with zero attached hydrogens (tertiary/aromatic N) is 1. The summed E-state index contributed by atoms with van der Waals surface area (Å²) in [5.74, 6) is -0.336. The number of hydrogen-bond donors (Lipinski definition) is 0. The lowest BCUT2D eigenvalue weighted by Gasteiger charge is -2.36. The average Bonchev–Trinajstić information content (AvgIpc) is 2.67. The second-order valence-electron chi connectivity index (χ2n) is 6.78. The monoisotopic (exact) mass is 353 g/mol. The fourth-order valence-electron chi connectivity index (χ4n) is 3.64. The molecule has 4 heteroatoms. The normalized spacial score (nSPS) is 18.5. The highest BCUT2D eigenvalue weighted by molar-refractivity contribution is 5.86. The van der Waals surface area contributed by atoms with E-state index in [4.69, 9.17) is 9.47 Å². The zero-order chi connectivity index (χ0) is 18.4. The van der Waals surface area contributed by atoms with E-state index in [1.54, 1.807) is 0 Å². The molecule has 4 nitrogen and oxygen atoms in total. The van der Waals surface area contributed by atoms with Gasteiger partial charge in [-0.1, -0.05) is 60.7 Å². The average molecular weight is 353 g/mol. The summed E-state index contributed by atoms with van der Waals surface area (Å²) in [6.07, 6.45) is 1.82. The van der Waals surface area contributed by atoms with Gasteiger partial charge in [0.05, 0.1) is 0 Å². The Morgan fingerprint density at radius 2 is 1.65 bits per heavy atom. The summed E-state index contributed by atoms with van der Waals surface area (Å²) >= 11 is 0. The number of carbonyl (C=O) groups excluding carboxylic acids is 1. The third kappa shape index (κ3) is 3.81. The van der Waals surface area contributed by atoms with Gasteiger partial charge >= 0.3 is 5.97 Å². The minimum absolute atomic E-state index is 0.103. The first-order valence-electron chi connectivity index (χ1n) is 9.31. The van der Waals surface area contributed by atoms with Crippen molar-refractivity contribution in [2.75, 3.05) is 26.7 Å². The Kier molecular flexibility index (Phi) is 6.07. The van der Waals surface area contributed by atoms with E-state index in [-0.39, 0.29) is 12.1 Å². The Morgan fingerprint density at radius 1 is 1.08 bits per heavy atom. The van der Waals surface area contributed by atoms with Crippen molar-refractivity contribution in [2.24, 2.45) is 0 Å². The number of rotatable bonds is 6. The van der Waals surface area contributed by atoms with Gasteiger partial charge in [0.1, 0.15) is 6.10 Å². The Labute approximate surface area is 155 Å². The van der Waals surface area contributed by atoms with Gasteiger partial charge in [0.15, 0.2) is 0 Å². The molecular formula is C22H27NO3. The number of piperidine rings is 1. The quantitative estimate of drug-likeness (QED) is 0.744. The van der Waals surface area contributed by atoms with Crippen molar-refractivity contribution in [3.05, 3.63) is 71.8 Å². The van der Waals surface area contributed by atoms with Crippen LogP contribution in [0.2, 0.25) is 0 Å². The molecule has 1 fully saturated rings. The summed E-state index contributed by atoms with van der Waals surface area (Å²) < 4.78 is 12.1. The molecule has 1 saturated heterocycles. The van der Waals surface area contributed by atoms with Gasteiger partial charge in [-0.15, -0.1) is 0 Å². The molecule has 1 heterocycles. The van der Waals surface area contributed by atoms with Crippen LogP contribution in [0.25, 0.3) is 0 Å². The molecular weight excluding hydrogens is 326 g/mol. The van der Waals surface area contributed by atoms with Crippen LogP contribution in [0.15, 0.2) is 60.7 Å². The van der Waals surface area contributed by atoms with Gasteiger partial charge in [-0.25, -0.2) is 4.79 Å². The predicted octanol–water partition coefficient (Wildman–Crippen LogP) is 3.60. The van der Waals surface area contributed by atoms with Gasteiger partial charge in [0.2, 0.25) is 5.60 Å². The third-order valence-electron chi connectivity index (χ3n) is 4.86. The van der Waals surface area contributed by atoms with Crippen LogP contribution in [0.3, 0.4) is 0 Å². The topological polar surface area (TPSA) is 38.8 Å². The van der Waals surface area contributed by atoms with Gasteiger partial charge < -0.3 is 14.4 Å². The number of benzene rings is 2. The van der Waals surface area contributed by atoms with Gasteiger partial charge in [0, 0.05) is 13.2 Å². The molecule has 3 rings (SSSR count). The van der Waals surface area contributed by atoms with Crippen LogP contribution in [0.4, 0.5) is 0 Å². The van der Waals surface area contributed by atoms with E-state index in [1.165, 1.54) is 0 Å². The highest BCUT2D eigenvalue weighted by Crippen LogP contribution is 2.36. The molecule has 0 spiro atoms. The van der Waals surface area contributed by atoms with Crippen LogP contribution in [0.1, 0.15) is 30.9 Å². The van der Waals surface area contributed by atoms with Crippen LogP contribution in [0.5, 0.6) is 0 Å². The molecule has 0 aliphatic carbocycles. The summed E-state index contributed by atoms with van der Waals surface area (Å²) in [7, 11) is 2.06. The number of likely N-dealkylation sites (N-methyl/N-ethyl adjacent to an activating group) is 1. The maximum Gasteiger partial charge on any atom is 0.348 e. The summed E-state index contributed by atoms with van der Waals surface area (Å²) in [5.41, 5.74) is 0.345. The molecule has 2 aromatic rings. The first kappa shape index (κ1) is 18.6. The van der Waals surface area contributed by atoms with E-state index in [9.17, 15) is 4.79 Å². The molecule has 26 heavy (non-hydrogen) atoms. The molecule has 0 bridgehead atoms. The van der Waals surface area contributed by atoms with Crippen molar-refractivity contribution in [3.8, 4) is 0 Å². The highest BCUT2D eigenvalue weighted by Gasteiger charge is 2.45. The fraction of sp³-hybridized carbons (Fsp3) is 0.409. The SMILES string of the molecule is CCOC(C(=O)OC1CCCN(C)C1)(c1ccccc1)c1ccccc1. The lowest BCUT2D eigenvalue weighted by molar-refractivity contribution is -0.176. The van der Waals surface area contributed by atoms with Gasteiger partial charge in [-0.2, -0.15) is 0 Å². The maximum atomic E-state index is 13.5. The molecule has 0 aromatic heterocycles. The first-order valence-corrected chi connectivity index (χ1v) is 9.31. The van der Waals surface area contributed by atoms with Gasteiger partial charge in [-0.3, -0.25) is 0 Å². The van der Waals surface area contributed by atoms with Crippen molar-refractivity contribution < 1.29 is 14.3 Å². The minimum atomic E-state index is -1.24. The largest absolute Gasteiger partial charge is 0.458 e. The second-order valence-corrected chi connectivity index (χ2v) is 6.78. The Morgan fingerprint density at radius 3 is 2.15 bits per heavy atom. The molecule has 0 amide bonds. The number of ether oxygens (including phenoxy) is 2. The molecule has 138 valence electrons. The minimum Gasteiger partial charge on any atom is -0.458 e. The molecule has 0 N–H and O–H groups in total. The summed E-state index contributed by atoms with van der Waals surface area (Å²) in [6, 6.07) is 19.3. The molecule has 2 aromatic carbocycles. The van der Waals surface area contributed by atoms with Crippen molar-refractivity contribution in [1.29, 1.82) is 0 Å². The van der Waals surface area contributed by atoms with E-state index in [1.807, 2.05) is 67.6 Å². The van der Waals surface area contributed by atoms with Crippen LogP contribution >= 0.6 is 0 Å². The van der Waals surface area contributed by atoms with Crippen LogP contribution in [-0.4, -0.2) is 43.7 Å². The van der Waals surface area contributed by atoms with E-state index in [2.05, 4.69) is 11.9 Å². The predicted molar refractivity (Wildman–Crippen MR) is 102 cm³/mol. The van der Waals surface area contributed by atoms with Gasteiger partial charge in [-0.05, 0) is 44.5 Å². The van der Waals surface area contributed by atoms with E-state index >= 15 is 0 Å². The first-order chi connectivity index (χ1) is 12.7. The van der Waals surface area contributed by atoms with E-state index in [0.29, 0.717) is 6.61 Å². The molecule has 0 radical (unpaired) electrons. The molecule has 1 aliphatic rings. The molecule has 0 saturated carbocycles. The van der Waals surface area contributed by atoms with Crippen molar-refractivity contribution >= 4 is 5.97 Å². The zero-order valence-electron chi connectivity index (χ0n) is 15.6. The third-order valence-corrected chi connectivity index (χ3v) is 4.86. The molecule has 1 aliphatic heterocycles. The number of likely N-dealkylation sites (tertiary alicyclic amines) is 1. The Balaban J connectivity index is 2.00. The maximum absolute atomic E-state index is 13.5. The van der Waals surface area contributed by atoms with Gasteiger partial charge in [0.25, 0.3) is 0 Å². The highest BCUT2D eigenvalue weighted by atomic mass is 16.6. The van der Waals surface area contributed by atoms with Crippen LogP contribution < -0.4 is 0 Å². The van der Waals surface area contributed by atoms with Crippen molar-refractivity contribution in [1.82, 2.24) is 4.90 Å².